The second kappa shape index (κ2) is 15.4. The maximum atomic E-state index is 17.3. The molecule has 288 valence electrons. The minimum Gasteiger partial charge on any atom is -0.490 e. The van der Waals surface area contributed by atoms with Gasteiger partial charge in [0.1, 0.15) is 0 Å². The molecule has 14 heteroatoms. The summed E-state index contributed by atoms with van der Waals surface area (Å²) in [7, 11) is 0. The van der Waals surface area contributed by atoms with Gasteiger partial charge in [-0.05, 0) is 86.0 Å². The van der Waals surface area contributed by atoms with Gasteiger partial charge in [0.2, 0.25) is 11.9 Å². The highest BCUT2D eigenvalue weighted by atomic mass is 19.4. The van der Waals surface area contributed by atoms with Gasteiger partial charge in [0, 0.05) is 55.1 Å². The van der Waals surface area contributed by atoms with Crippen LogP contribution in [0.2, 0.25) is 0 Å². The first-order valence-corrected chi connectivity index (χ1v) is 18.4. The molecule has 2 N–H and O–H groups in total. The van der Waals surface area contributed by atoms with E-state index in [4.69, 9.17) is 14.8 Å². The summed E-state index contributed by atoms with van der Waals surface area (Å²) >= 11 is 0. The summed E-state index contributed by atoms with van der Waals surface area (Å²) < 4.78 is 92.2. The molecule has 8 nitrogen and oxygen atoms in total. The summed E-state index contributed by atoms with van der Waals surface area (Å²) in [5.41, 5.74) is 1.05. The number of alkyl halides is 6. The molecular weight excluding hydrogens is 702 g/mol. The van der Waals surface area contributed by atoms with Gasteiger partial charge in [0.15, 0.2) is 11.9 Å². The van der Waals surface area contributed by atoms with E-state index in [9.17, 15) is 31.9 Å². The number of unbranched alkanes of at least 4 members (excludes halogenated alkanes) is 1. The topological polar surface area (TPSA) is 109 Å². The van der Waals surface area contributed by atoms with Crippen molar-refractivity contribution in [3.05, 3.63) is 75.9 Å². The van der Waals surface area contributed by atoms with Crippen LogP contribution < -0.4 is 9.64 Å². The van der Waals surface area contributed by atoms with E-state index in [-0.39, 0.29) is 54.6 Å². The van der Waals surface area contributed by atoms with Crippen molar-refractivity contribution in [1.29, 1.82) is 0 Å². The van der Waals surface area contributed by atoms with Crippen LogP contribution in [0.5, 0.6) is 5.75 Å². The van der Waals surface area contributed by atoms with Gasteiger partial charge in [0.05, 0.1) is 36.4 Å². The number of aliphatic hydroxyl groups excluding tert-OH is 1. The molecule has 2 aliphatic carbocycles. The minimum absolute atomic E-state index is 0.00375. The number of hydrogen-bond donors (Lipinski definition) is 2. The average Bonchev–Trinajstić information content (AvgIpc) is 3.10. The molecule has 2 atom stereocenters. The highest BCUT2D eigenvalue weighted by Crippen LogP contribution is 2.52. The predicted octanol–water partition coefficient (Wildman–Crippen LogP) is 9.27. The number of carboxylic acid groups (broad SMARTS) is 1. The molecule has 3 aliphatic rings. The molecule has 1 aliphatic heterocycles. The smallest absolute Gasteiger partial charge is 0.416 e. The molecule has 3 aromatic rings. The Kier molecular flexibility index (Phi) is 11.3. The summed E-state index contributed by atoms with van der Waals surface area (Å²) in [6.45, 7) is 5.36. The normalized spacial score (nSPS) is 21.2. The molecule has 1 saturated carbocycles. The number of ether oxygens (including phenoxy) is 1. The Labute approximate surface area is 305 Å². The van der Waals surface area contributed by atoms with Crippen LogP contribution in [-0.2, 0) is 17.4 Å². The fraction of sp³-hybridized carbons (Fsp3) is 0.590. The van der Waals surface area contributed by atoms with Gasteiger partial charge in [-0.15, -0.1) is 0 Å². The molecule has 3 heterocycles. The van der Waals surface area contributed by atoms with Gasteiger partial charge < -0.3 is 19.8 Å². The highest BCUT2D eigenvalue weighted by molar-refractivity contribution is 5.66. The molecule has 0 radical (unpaired) electrons. The number of aromatic nitrogens is 3. The Morgan fingerprint density at radius 1 is 0.981 bits per heavy atom. The van der Waals surface area contributed by atoms with Crippen LogP contribution in [0.25, 0.3) is 0 Å². The van der Waals surface area contributed by atoms with Crippen molar-refractivity contribution in [3.63, 3.8) is 0 Å². The Balaban J connectivity index is 1.32. The molecule has 1 saturated heterocycles. The van der Waals surface area contributed by atoms with Crippen molar-refractivity contribution in [1.82, 2.24) is 15.0 Å². The number of halogens is 6. The second-order valence-electron chi connectivity index (χ2n) is 15.5. The van der Waals surface area contributed by atoms with Crippen LogP contribution in [0.3, 0.4) is 0 Å². The second-order valence-corrected chi connectivity index (χ2v) is 15.5. The summed E-state index contributed by atoms with van der Waals surface area (Å²) in [6, 6.07) is 3.94. The quantitative estimate of drug-likeness (QED) is 0.148. The third kappa shape index (κ3) is 9.06. The third-order valence-electron chi connectivity index (χ3n) is 10.9. The Bertz CT molecular complexity index is 1730. The van der Waals surface area contributed by atoms with Crippen LogP contribution in [0.1, 0.15) is 141 Å². The monoisotopic (exact) mass is 748 g/mol. The molecule has 2 fully saturated rings. The molecule has 0 unspecified atom stereocenters. The van der Waals surface area contributed by atoms with Crippen LogP contribution in [-0.4, -0.2) is 56.8 Å². The van der Waals surface area contributed by atoms with E-state index >= 15 is 4.39 Å². The first-order valence-electron chi connectivity index (χ1n) is 18.4. The lowest BCUT2D eigenvalue weighted by atomic mass is 9.68. The van der Waals surface area contributed by atoms with Gasteiger partial charge in [-0.1, -0.05) is 26.0 Å². The maximum Gasteiger partial charge on any atom is 0.416 e. The number of aliphatic hydroxyl groups is 1. The fourth-order valence-corrected chi connectivity index (χ4v) is 8.18. The largest absolute Gasteiger partial charge is 0.490 e. The summed E-state index contributed by atoms with van der Waals surface area (Å²) in [5.74, 6) is -3.52. The average molecular weight is 749 g/mol. The SMILES string of the molecule is CC1(C)Cc2nc(C3CCN(c4ncc(OCCCCC(=O)O)cn4)CC3)c([C@@H](F)c3ccc(C(F)(F)F)cc3)c(C3CCC(F)(F)CC3)c2[C@@H](O)C1. The van der Waals surface area contributed by atoms with E-state index in [1.807, 2.05) is 18.7 Å². The predicted molar refractivity (Wildman–Crippen MR) is 185 cm³/mol. The number of benzene rings is 1. The van der Waals surface area contributed by atoms with Crippen LogP contribution in [0.4, 0.5) is 32.3 Å². The summed E-state index contributed by atoms with van der Waals surface area (Å²) in [6.07, 6.45) is -1.92. The van der Waals surface area contributed by atoms with Crippen molar-refractivity contribution >= 4 is 11.9 Å². The third-order valence-corrected chi connectivity index (χ3v) is 10.9. The lowest BCUT2D eigenvalue weighted by molar-refractivity contribution is -0.138. The van der Waals surface area contributed by atoms with Crippen molar-refractivity contribution < 1.29 is 46.1 Å². The van der Waals surface area contributed by atoms with Crippen molar-refractivity contribution in [2.24, 2.45) is 5.41 Å². The van der Waals surface area contributed by atoms with Crippen molar-refractivity contribution in [2.45, 2.75) is 121 Å². The zero-order valence-electron chi connectivity index (χ0n) is 29.9. The van der Waals surface area contributed by atoms with Gasteiger partial charge >= 0.3 is 12.1 Å². The number of nitrogens with zero attached hydrogens (tertiary/aromatic N) is 4. The number of piperidine rings is 1. The van der Waals surface area contributed by atoms with Crippen molar-refractivity contribution in [3.8, 4) is 5.75 Å². The van der Waals surface area contributed by atoms with Crippen molar-refractivity contribution in [2.75, 3.05) is 24.6 Å². The Morgan fingerprint density at radius 2 is 1.62 bits per heavy atom. The van der Waals surface area contributed by atoms with Gasteiger partial charge in [-0.2, -0.15) is 13.2 Å². The number of carbonyl (C=O) groups is 1. The number of hydrogen-bond acceptors (Lipinski definition) is 7. The molecular formula is C39H46F6N4O4. The molecule has 0 amide bonds. The number of carboxylic acids is 1. The summed E-state index contributed by atoms with van der Waals surface area (Å²) in [5, 5.41) is 20.4. The molecule has 6 rings (SSSR count). The van der Waals surface area contributed by atoms with Gasteiger partial charge in [-0.3, -0.25) is 9.78 Å². The molecule has 53 heavy (non-hydrogen) atoms. The number of anilines is 1. The highest BCUT2D eigenvalue weighted by Gasteiger charge is 2.44. The Hall–Kier alpha value is -3.94. The van der Waals surface area contributed by atoms with E-state index in [0.717, 1.165) is 24.3 Å². The first kappa shape index (κ1) is 38.8. The lowest BCUT2D eigenvalue weighted by Crippen LogP contribution is -2.36. The van der Waals surface area contributed by atoms with Crippen LogP contribution >= 0.6 is 0 Å². The van der Waals surface area contributed by atoms with Gasteiger partial charge in [-0.25, -0.2) is 23.1 Å². The van der Waals surface area contributed by atoms with E-state index in [2.05, 4.69) is 9.97 Å². The number of pyridine rings is 1. The summed E-state index contributed by atoms with van der Waals surface area (Å²) in [4.78, 5) is 26.7. The maximum absolute atomic E-state index is 17.3. The van der Waals surface area contributed by atoms with Gasteiger partial charge in [0.25, 0.3) is 0 Å². The zero-order chi connectivity index (χ0) is 38.1. The first-order chi connectivity index (χ1) is 25.0. The van der Waals surface area contributed by atoms with Crippen LogP contribution in [0, 0.1) is 5.41 Å². The van der Waals surface area contributed by atoms with Crippen LogP contribution in [0.15, 0.2) is 36.7 Å². The minimum atomic E-state index is -4.60. The van der Waals surface area contributed by atoms with E-state index in [1.54, 1.807) is 12.4 Å². The van der Waals surface area contributed by atoms with E-state index in [1.165, 1.54) is 0 Å². The molecule has 2 aromatic heterocycles. The number of fused-ring (bicyclic) bond motifs is 1. The van der Waals surface area contributed by atoms with E-state index < -0.39 is 41.8 Å². The molecule has 0 spiro atoms. The lowest BCUT2D eigenvalue weighted by Gasteiger charge is -2.41. The number of aliphatic carboxylic acids is 1. The Morgan fingerprint density at radius 3 is 2.23 bits per heavy atom. The zero-order valence-corrected chi connectivity index (χ0v) is 29.9. The fourth-order valence-electron chi connectivity index (χ4n) is 8.18. The number of rotatable bonds is 11. The van der Waals surface area contributed by atoms with E-state index in [0.29, 0.717) is 92.4 Å². The molecule has 0 bridgehead atoms. The standard InChI is InChI=1S/C39H46F6N4O4/c1-37(2)19-28-32(29(50)20-37)31(23-10-14-38(41,42)15-11-23)33(34(40)24-6-8-26(9-7-24)39(43,44)45)35(48-28)25-12-16-49(17-13-25)36-46-21-27(22-47-36)53-18-4-3-5-30(51)52/h6-9,21-23,25,29,34,50H,3-5,10-20H2,1-2H3,(H,51,52)/t29-,34-/m0/s1. The molecule has 1 aromatic carbocycles.